The molecule has 0 aliphatic heterocycles. The molecule has 0 atom stereocenters. The van der Waals surface area contributed by atoms with Crippen molar-refractivity contribution in [1.82, 2.24) is 0 Å². The average molecular weight is 397 g/mol. The molecule has 0 aromatic heterocycles. The maximum absolute atomic E-state index is 5.69. The van der Waals surface area contributed by atoms with Gasteiger partial charge in [0, 0.05) is 0 Å². The van der Waals surface area contributed by atoms with Crippen LogP contribution in [0.25, 0.3) is 0 Å². The van der Waals surface area contributed by atoms with E-state index in [9.17, 15) is 0 Å². The topological polar surface area (TPSA) is 18.5 Å². The predicted molar refractivity (Wildman–Crippen MR) is 125 cm³/mol. The highest BCUT2D eigenvalue weighted by Crippen LogP contribution is 2.22. The molecule has 30 heavy (non-hydrogen) atoms. The lowest BCUT2D eigenvalue weighted by molar-refractivity contribution is 0.482. The largest absolute Gasteiger partial charge is 0.457 e. The normalized spacial score (nSPS) is 10.0. The first kappa shape index (κ1) is 21.2. The van der Waals surface area contributed by atoms with Crippen LogP contribution >= 0.6 is 0 Å². The second-order valence-electron chi connectivity index (χ2n) is 7.46. The molecular weight excluding hydrogens is 368 g/mol. The number of hydrogen-bond donors (Lipinski definition) is 0. The van der Waals surface area contributed by atoms with E-state index in [2.05, 4.69) is 27.7 Å². The van der Waals surface area contributed by atoms with E-state index in [1.54, 1.807) is 0 Å². The Labute approximate surface area is 179 Å². The van der Waals surface area contributed by atoms with Crippen LogP contribution in [0.2, 0.25) is 0 Å². The van der Waals surface area contributed by atoms with Gasteiger partial charge in [-0.25, -0.2) is 0 Å². The van der Waals surface area contributed by atoms with Crippen molar-refractivity contribution in [3.63, 3.8) is 0 Å². The fourth-order valence-electron chi connectivity index (χ4n) is 2.70. The van der Waals surface area contributed by atoms with Gasteiger partial charge < -0.3 is 9.47 Å². The summed E-state index contributed by atoms with van der Waals surface area (Å²) < 4.78 is 11.4. The van der Waals surface area contributed by atoms with Crippen LogP contribution in [0.15, 0.2) is 97.1 Å². The Bertz CT molecular complexity index is 854. The zero-order valence-corrected chi connectivity index (χ0v) is 18.1. The Balaban J connectivity index is 0.000000171. The molecule has 0 fully saturated rings. The molecule has 0 radical (unpaired) electrons. The highest BCUT2D eigenvalue weighted by molar-refractivity contribution is 5.35. The van der Waals surface area contributed by atoms with Gasteiger partial charge in [-0.3, -0.25) is 0 Å². The third-order valence-corrected chi connectivity index (χ3v) is 4.56. The van der Waals surface area contributed by atoms with Gasteiger partial charge in [-0.1, -0.05) is 70.8 Å². The summed E-state index contributed by atoms with van der Waals surface area (Å²) in [6.07, 6.45) is 0. The van der Waals surface area contributed by atoms with Crippen molar-refractivity contribution in [3.8, 4) is 23.0 Å². The van der Waals surface area contributed by atoms with Gasteiger partial charge in [0.25, 0.3) is 0 Å². The third-order valence-electron chi connectivity index (χ3n) is 4.56. The van der Waals surface area contributed by atoms with Crippen LogP contribution in [-0.4, -0.2) is 0 Å². The first-order valence-corrected chi connectivity index (χ1v) is 10.1. The lowest BCUT2D eigenvalue weighted by Gasteiger charge is -2.05. The van der Waals surface area contributed by atoms with Crippen molar-refractivity contribution < 1.29 is 9.47 Å². The molecule has 0 spiro atoms. The monoisotopic (exact) mass is 396 g/mol. The maximum atomic E-state index is 5.69. The Morgan fingerprint density at radius 2 is 0.467 bits per heavy atom. The molecule has 0 amide bonds. The van der Waals surface area contributed by atoms with E-state index in [1.165, 1.54) is 22.3 Å². The van der Waals surface area contributed by atoms with E-state index in [1.807, 2.05) is 97.1 Å². The van der Waals surface area contributed by atoms with Gasteiger partial charge >= 0.3 is 0 Å². The molecular formula is C28H28O2. The van der Waals surface area contributed by atoms with Gasteiger partial charge in [-0.2, -0.15) is 0 Å². The van der Waals surface area contributed by atoms with E-state index in [0.717, 1.165) is 23.0 Å². The fraction of sp³-hybridized carbons (Fsp3) is 0.143. The zero-order valence-electron chi connectivity index (χ0n) is 18.1. The molecule has 4 rings (SSSR count). The smallest absolute Gasteiger partial charge is 0.127 e. The summed E-state index contributed by atoms with van der Waals surface area (Å²) in [5.41, 5.74) is 4.97. The van der Waals surface area contributed by atoms with Crippen molar-refractivity contribution in [3.05, 3.63) is 119 Å². The number of rotatable bonds is 4. The Hall–Kier alpha value is -3.52. The highest BCUT2D eigenvalue weighted by Gasteiger charge is 1.97. The van der Waals surface area contributed by atoms with Crippen LogP contribution in [0.4, 0.5) is 0 Å². The van der Waals surface area contributed by atoms with Crippen LogP contribution in [0.1, 0.15) is 22.3 Å². The lowest BCUT2D eigenvalue weighted by Crippen LogP contribution is -1.84. The maximum Gasteiger partial charge on any atom is 0.127 e. The van der Waals surface area contributed by atoms with Gasteiger partial charge in [0.15, 0.2) is 0 Å². The van der Waals surface area contributed by atoms with Crippen LogP contribution in [0.3, 0.4) is 0 Å². The number of aryl methyl sites for hydroxylation is 4. The van der Waals surface area contributed by atoms with Crippen LogP contribution in [0, 0.1) is 27.7 Å². The summed E-state index contributed by atoms with van der Waals surface area (Å²) in [6.45, 7) is 8.26. The first-order chi connectivity index (χ1) is 14.5. The Kier molecular flexibility index (Phi) is 7.29. The van der Waals surface area contributed by atoms with Crippen molar-refractivity contribution in [2.24, 2.45) is 0 Å². The van der Waals surface area contributed by atoms with Crippen LogP contribution in [-0.2, 0) is 0 Å². The predicted octanol–water partition coefficient (Wildman–Crippen LogP) is 8.19. The van der Waals surface area contributed by atoms with Crippen molar-refractivity contribution in [2.75, 3.05) is 0 Å². The molecule has 0 N–H and O–H groups in total. The molecule has 2 heteroatoms. The van der Waals surface area contributed by atoms with Gasteiger partial charge in [-0.15, -0.1) is 0 Å². The molecule has 0 unspecified atom stereocenters. The SMILES string of the molecule is Cc1ccc(Oc2ccc(C)cc2)cc1.Cc1ccc(Oc2ccc(C)cc2)cc1. The number of ether oxygens (including phenoxy) is 2. The summed E-state index contributed by atoms with van der Waals surface area (Å²) >= 11 is 0. The molecule has 0 aliphatic carbocycles. The van der Waals surface area contributed by atoms with Gasteiger partial charge in [0.2, 0.25) is 0 Å². The summed E-state index contributed by atoms with van der Waals surface area (Å²) in [5, 5.41) is 0. The average Bonchev–Trinajstić information content (AvgIpc) is 2.75. The Morgan fingerprint density at radius 3 is 0.633 bits per heavy atom. The lowest BCUT2D eigenvalue weighted by atomic mass is 10.2. The van der Waals surface area contributed by atoms with Crippen LogP contribution < -0.4 is 9.47 Å². The van der Waals surface area contributed by atoms with E-state index in [4.69, 9.17) is 9.47 Å². The first-order valence-electron chi connectivity index (χ1n) is 10.1. The quantitative estimate of drug-likeness (QED) is 0.346. The highest BCUT2D eigenvalue weighted by atomic mass is 16.5. The molecule has 0 aliphatic rings. The molecule has 4 aromatic rings. The summed E-state index contributed by atoms with van der Waals surface area (Å²) in [7, 11) is 0. The molecule has 0 bridgehead atoms. The van der Waals surface area contributed by atoms with Gasteiger partial charge in [0.1, 0.15) is 23.0 Å². The zero-order chi connectivity index (χ0) is 21.3. The molecule has 0 saturated heterocycles. The summed E-state index contributed by atoms with van der Waals surface area (Å²) in [5.74, 6) is 3.52. The minimum absolute atomic E-state index is 0.879. The molecule has 2 nitrogen and oxygen atoms in total. The van der Waals surface area contributed by atoms with Gasteiger partial charge in [-0.05, 0) is 76.2 Å². The van der Waals surface area contributed by atoms with E-state index in [-0.39, 0.29) is 0 Å². The molecule has 0 saturated carbocycles. The fourth-order valence-corrected chi connectivity index (χ4v) is 2.70. The second kappa shape index (κ2) is 10.3. The number of hydrogen-bond acceptors (Lipinski definition) is 2. The molecule has 0 heterocycles. The number of benzene rings is 4. The minimum atomic E-state index is 0.879. The standard InChI is InChI=1S/2C14H14O/c2*1-11-3-7-13(8-4-11)15-14-9-5-12(2)6-10-14/h2*3-10H,1-2H3. The summed E-state index contributed by atoms with van der Waals surface area (Å²) in [6, 6.07) is 32.2. The van der Waals surface area contributed by atoms with Crippen LogP contribution in [0.5, 0.6) is 23.0 Å². The van der Waals surface area contributed by atoms with E-state index in [0.29, 0.717) is 0 Å². The van der Waals surface area contributed by atoms with Crippen molar-refractivity contribution >= 4 is 0 Å². The second-order valence-corrected chi connectivity index (χ2v) is 7.46. The van der Waals surface area contributed by atoms with Crippen molar-refractivity contribution in [2.45, 2.75) is 27.7 Å². The minimum Gasteiger partial charge on any atom is -0.457 e. The third kappa shape index (κ3) is 6.82. The van der Waals surface area contributed by atoms with Crippen molar-refractivity contribution in [1.29, 1.82) is 0 Å². The summed E-state index contributed by atoms with van der Waals surface area (Å²) in [4.78, 5) is 0. The Morgan fingerprint density at radius 1 is 0.300 bits per heavy atom. The molecule has 152 valence electrons. The van der Waals surface area contributed by atoms with E-state index >= 15 is 0 Å². The molecule has 4 aromatic carbocycles. The van der Waals surface area contributed by atoms with Gasteiger partial charge in [0.05, 0.1) is 0 Å². The van der Waals surface area contributed by atoms with E-state index < -0.39 is 0 Å².